The first-order valence-electron chi connectivity index (χ1n) is 6.43. The largest absolute Gasteiger partial charge is 0.338 e. The van der Waals surface area contributed by atoms with Gasteiger partial charge in [-0.05, 0) is 6.07 Å². The number of rotatable bonds is 1. The molecule has 0 atom stereocenters. The highest BCUT2D eigenvalue weighted by Gasteiger charge is 2.18. The topological polar surface area (TPSA) is 71.2 Å². The normalized spacial score (nSPS) is 16.1. The van der Waals surface area contributed by atoms with Gasteiger partial charge in [-0.1, -0.05) is 11.6 Å². The average Bonchev–Trinajstić information content (AvgIpc) is 2.97. The lowest BCUT2D eigenvalue weighted by molar-refractivity contribution is 0.575. The Kier molecular flexibility index (Phi) is 2.68. The zero-order valence-corrected chi connectivity index (χ0v) is 11.4. The van der Waals surface area contributed by atoms with Crippen LogP contribution in [0.4, 0.5) is 5.95 Å². The minimum atomic E-state index is 0.569. The number of hydrogen-bond donors (Lipinski definition) is 1. The summed E-state index contributed by atoms with van der Waals surface area (Å²) in [5.41, 5.74) is 1.38. The van der Waals surface area contributed by atoms with Crippen LogP contribution in [0, 0.1) is 0 Å². The van der Waals surface area contributed by atoms with Gasteiger partial charge in [0, 0.05) is 32.4 Å². The number of nitrogens with one attached hydrogen (secondary N) is 1. The highest BCUT2D eigenvalue weighted by atomic mass is 35.5. The molecule has 0 amide bonds. The van der Waals surface area contributed by atoms with Crippen molar-refractivity contribution in [2.24, 2.45) is 0 Å². The summed E-state index contributed by atoms with van der Waals surface area (Å²) in [5.74, 6) is 0.779. The summed E-state index contributed by atoms with van der Waals surface area (Å²) >= 11 is 6.01. The Morgan fingerprint density at radius 3 is 2.90 bits per heavy atom. The predicted octanol–water partition coefficient (Wildman–Crippen LogP) is 0.735. The highest BCUT2D eigenvalue weighted by molar-refractivity contribution is 6.31. The van der Waals surface area contributed by atoms with E-state index in [0.29, 0.717) is 10.7 Å². The molecular formula is C12H12ClN7. The Morgan fingerprint density at radius 1 is 1.20 bits per heavy atom. The minimum Gasteiger partial charge on any atom is -0.338 e. The lowest BCUT2D eigenvalue weighted by atomic mass is 10.3. The third-order valence-corrected chi connectivity index (χ3v) is 3.62. The summed E-state index contributed by atoms with van der Waals surface area (Å²) < 4.78 is 1.76. The average molecular weight is 290 g/mol. The van der Waals surface area contributed by atoms with E-state index in [1.807, 2.05) is 6.07 Å². The number of aromatic nitrogens is 5. The highest BCUT2D eigenvalue weighted by Crippen LogP contribution is 2.23. The number of pyridine rings is 1. The predicted molar refractivity (Wildman–Crippen MR) is 76.2 cm³/mol. The third kappa shape index (κ3) is 1.78. The van der Waals surface area contributed by atoms with Crippen LogP contribution in [0.1, 0.15) is 0 Å². The van der Waals surface area contributed by atoms with E-state index in [1.165, 1.54) is 6.33 Å². The van der Waals surface area contributed by atoms with Gasteiger partial charge in [0.25, 0.3) is 0 Å². The van der Waals surface area contributed by atoms with Gasteiger partial charge in [0.1, 0.15) is 6.33 Å². The Hall–Kier alpha value is -1.99. The first-order valence-corrected chi connectivity index (χ1v) is 6.81. The molecule has 1 N–H and O–H groups in total. The van der Waals surface area contributed by atoms with E-state index in [0.717, 1.165) is 43.2 Å². The van der Waals surface area contributed by atoms with E-state index >= 15 is 0 Å². The van der Waals surface area contributed by atoms with E-state index in [9.17, 15) is 0 Å². The summed E-state index contributed by atoms with van der Waals surface area (Å²) in [6.45, 7) is 3.65. The van der Waals surface area contributed by atoms with E-state index in [1.54, 1.807) is 10.7 Å². The summed E-state index contributed by atoms with van der Waals surface area (Å²) in [6, 6.07) is 1.82. The maximum atomic E-state index is 6.01. The summed E-state index contributed by atoms with van der Waals surface area (Å²) in [6.07, 6.45) is 3.13. The van der Waals surface area contributed by atoms with Crippen LogP contribution in [0.2, 0.25) is 5.02 Å². The molecule has 0 spiro atoms. The number of fused-ring (bicyclic) bond motifs is 3. The molecule has 1 fully saturated rings. The molecular weight excluding hydrogens is 278 g/mol. The van der Waals surface area contributed by atoms with Crippen LogP contribution >= 0.6 is 11.6 Å². The Morgan fingerprint density at radius 2 is 2.05 bits per heavy atom. The molecule has 0 saturated carbocycles. The van der Waals surface area contributed by atoms with Crippen molar-refractivity contribution in [3.63, 3.8) is 0 Å². The molecule has 0 aliphatic carbocycles. The molecule has 4 heterocycles. The smallest absolute Gasteiger partial charge is 0.230 e. The first kappa shape index (κ1) is 11.8. The van der Waals surface area contributed by atoms with Gasteiger partial charge in [-0.3, -0.25) is 0 Å². The molecule has 4 rings (SSSR count). The van der Waals surface area contributed by atoms with Gasteiger partial charge in [-0.15, -0.1) is 0 Å². The third-order valence-electron chi connectivity index (χ3n) is 3.42. The fourth-order valence-corrected chi connectivity index (χ4v) is 2.63. The van der Waals surface area contributed by atoms with Crippen LogP contribution in [0.25, 0.3) is 16.7 Å². The Balaban J connectivity index is 1.99. The maximum Gasteiger partial charge on any atom is 0.230 e. The second kappa shape index (κ2) is 4.53. The van der Waals surface area contributed by atoms with Gasteiger partial charge in [-0.2, -0.15) is 14.6 Å². The molecule has 102 valence electrons. The molecule has 1 aliphatic heterocycles. The second-order valence-corrected chi connectivity index (χ2v) is 5.11. The molecule has 7 nitrogen and oxygen atoms in total. The lowest BCUT2D eigenvalue weighted by Crippen LogP contribution is -2.44. The fraction of sp³-hybridized carbons (Fsp3) is 0.333. The van der Waals surface area contributed by atoms with E-state index in [-0.39, 0.29) is 0 Å². The molecule has 20 heavy (non-hydrogen) atoms. The second-order valence-electron chi connectivity index (χ2n) is 4.67. The zero-order chi connectivity index (χ0) is 13.5. The van der Waals surface area contributed by atoms with Crippen LogP contribution in [-0.2, 0) is 0 Å². The van der Waals surface area contributed by atoms with E-state index in [2.05, 4.69) is 30.3 Å². The molecule has 0 aromatic carbocycles. The van der Waals surface area contributed by atoms with Crippen LogP contribution in [0.3, 0.4) is 0 Å². The molecule has 3 aromatic heterocycles. The van der Waals surface area contributed by atoms with Crippen LogP contribution in [0.15, 0.2) is 18.6 Å². The molecule has 0 radical (unpaired) electrons. The zero-order valence-electron chi connectivity index (χ0n) is 10.6. The maximum absolute atomic E-state index is 6.01. The number of piperazine rings is 1. The van der Waals surface area contributed by atoms with E-state index < -0.39 is 0 Å². The van der Waals surface area contributed by atoms with Crippen LogP contribution in [0.5, 0.6) is 0 Å². The number of nitrogens with zero attached hydrogens (tertiary/aromatic N) is 6. The number of halogens is 1. The van der Waals surface area contributed by atoms with Crippen molar-refractivity contribution in [3.8, 4) is 0 Å². The Bertz CT molecular complexity index is 778. The van der Waals surface area contributed by atoms with Crippen LogP contribution in [-0.4, -0.2) is 50.7 Å². The minimum absolute atomic E-state index is 0.569. The summed E-state index contributed by atoms with van der Waals surface area (Å²) in [7, 11) is 0. The van der Waals surface area contributed by atoms with Gasteiger partial charge in [0.2, 0.25) is 5.95 Å². The Labute approximate surface area is 119 Å². The van der Waals surface area contributed by atoms with Crippen molar-refractivity contribution in [1.82, 2.24) is 29.9 Å². The number of hydrogen-bond acceptors (Lipinski definition) is 6. The molecule has 0 bridgehead atoms. The molecule has 1 saturated heterocycles. The summed E-state index contributed by atoms with van der Waals surface area (Å²) in [4.78, 5) is 15.4. The fourth-order valence-electron chi connectivity index (χ4n) is 2.47. The molecule has 3 aromatic rings. The molecule has 0 unspecified atom stereocenters. The standard InChI is InChI=1S/C12H12ClN7/c13-8-5-9-10(15-6-8)18-12(19-3-1-14-2-4-19)20-11(9)16-7-17-20/h5-7,14H,1-4H2. The van der Waals surface area contributed by atoms with Crippen molar-refractivity contribution >= 4 is 34.2 Å². The van der Waals surface area contributed by atoms with Crippen LogP contribution < -0.4 is 10.2 Å². The monoisotopic (exact) mass is 289 g/mol. The SMILES string of the molecule is Clc1cnc2nc(N3CCNCC3)n3ncnc3c2c1. The van der Waals surface area contributed by atoms with Crippen molar-refractivity contribution in [2.75, 3.05) is 31.1 Å². The van der Waals surface area contributed by atoms with Gasteiger partial charge in [0.15, 0.2) is 11.3 Å². The quantitative estimate of drug-likeness (QED) is 0.712. The lowest BCUT2D eigenvalue weighted by Gasteiger charge is -2.28. The molecule has 8 heteroatoms. The van der Waals surface area contributed by atoms with Gasteiger partial charge in [0.05, 0.1) is 10.4 Å². The van der Waals surface area contributed by atoms with Crippen molar-refractivity contribution in [1.29, 1.82) is 0 Å². The van der Waals surface area contributed by atoms with Crippen molar-refractivity contribution < 1.29 is 0 Å². The van der Waals surface area contributed by atoms with Gasteiger partial charge < -0.3 is 10.2 Å². The van der Waals surface area contributed by atoms with E-state index in [4.69, 9.17) is 11.6 Å². The van der Waals surface area contributed by atoms with Crippen molar-refractivity contribution in [3.05, 3.63) is 23.6 Å². The van der Waals surface area contributed by atoms with Gasteiger partial charge in [-0.25, -0.2) is 9.97 Å². The molecule has 1 aliphatic rings. The van der Waals surface area contributed by atoms with Gasteiger partial charge >= 0.3 is 0 Å². The first-order chi connectivity index (χ1) is 9.83. The number of anilines is 1. The van der Waals surface area contributed by atoms with Crippen molar-refractivity contribution in [2.45, 2.75) is 0 Å². The summed E-state index contributed by atoms with van der Waals surface area (Å²) in [5, 5.41) is 8.99.